The van der Waals surface area contributed by atoms with Crippen LogP contribution in [0.25, 0.3) is 16.9 Å². The van der Waals surface area contributed by atoms with Crippen molar-refractivity contribution in [1.82, 2.24) is 14.5 Å². The Morgan fingerprint density at radius 2 is 1.89 bits per heavy atom. The molecular weight excluding hydrogens is 356 g/mol. The summed E-state index contributed by atoms with van der Waals surface area (Å²) < 4.78 is 1.89. The standard InChI is InChI=1S/C21H18N4OS/c1-14-3-4-17(11-15(14)2)19-12-27-21(23-19)24-20(26)16-5-7-18(8-6-16)25-10-9-22-13-25/h3-13H,1-2H3,(H,23,24,26). The van der Waals surface area contributed by atoms with Crippen LogP contribution in [0.1, 0.15) is 21.5 Å². The van der Waals surface area contributed by atoms with Crippen LogP contribution in [0.15, 0.2) is 66.6 Å². The topological polar surface area (TPSA) is 59.8 Å². The molecule has 0 aliphatic carbocycles. The zero-order valence-corrected chi connectivity index (χ0v) is 15.8. The zero-order valence-electron chi connectivity index (χ0n) is 15.0. The maximum absolute atomic E-state index is 12.5. The van der Waals surface area contributed by atoms with Gasteiger partial charge in [0.15, 0.2) is 5.13 Å². The number of aryl methyl sites for hydroxylation is 2. The second-order valence-corrected chi connectivity index (χ2v) is 7.17. The Morgan fingerprint density at radius 3 is 2.59 bits per heavy atom. The number of thiazole rings is 1. The van der Waals surface area contributed by atoms with E-state index >= 15 is 0 Å². The molecule has 1 amide bonds. The summed E-state index contributed by atoms with van der Waals surface area (Å²) in [6.07, 6.45) is 5.30. The second kappa shape index (κ2) is 7.17. The number of anilines is 1. The molecule has 0 atom stereocenters. The molecule has 0 saturated carbocycles. The lowest BCUT2D eigenvalue weighted by atomic mass is 10.1. The minimum absolute atomic E-state index is 0.173. The summed E-state index contributed by atoms with van der Waals surface area (Å²) in [5.41, 5.74) is 5.94. The highest BCUT2D eigenvalue weighted by Crippen LogP contribution is 2.26. The Labute approximate surface area is 161 Å². The van der Waals surface area contributed by atoms with E-state index in [0.29, 0.717) is 10.7 Å². The van der Waals surface area contributed by atoms with Gasteiger partial charge in [-0.25, -0.2) is 9.97 Å². The van der Waals surface area contributed by atoms with Crippen LogP contribution >= 0.6 is 11.3 Å². The van der Waals surface area contributed by atoms with Gasteiger partial charge in [0.1, 0.15) is 0 Å². The van der Waals surface area contributed by atoms with Crippen LogP contribution in [0, 0.1) is 13.8 Å². The number of carbonyl (C=O) groups is 1. The quantitative estimate of drug-likeness (QED) is 0.555. The number of hydrogen-bond donors (Lipinski definition) is 1. The summed E-state index contributed by atoms with van der Waals surface area (Å²) >= 11 is 1.42. The van der Waals surface area contributed by atoms with Gasteiger partial charge in [0.05, 0.1) is 12.0 Å². The highest BCUT2D eigenvalue weighted by Gasteiger charge is 2.11. The zero-order chi connectivity index (χ0) is 18.8. The van der Waals surface area contributed by atoms with Gasteiger partial charge >= 0.3 is 0 Å². The fraction of sp³-hybridized carbons (Fsp3) is 0.0952. The third-order valence-electron chi connectivity index (χ3n) is 4.46. The number of aromatic nitrogens is 3. The Balaban J connectivity index is 1.48. The Kier molecular flexibility index (Phi) is 4.56. The largest absolute Gasteiger partial charge is 0.306 e. The van der Waals surface area contributed by atoms with E-state index in [1.165, 1.54) is 22.5 Å². The van der Waals surface area contributed by atoms with Crippen LogP contribution in [0.4, 0.5) is 5.13 Å². The average molecular weight is 374 g/mol. The molecule has 0 aliphatic heterocycles. The predicted octanol–water partition coefficient (Wildman–Crippen LogP) is 4.86. The summed E-state index contributed by atoms with van der Waals surface area (Å²) in [6.45, 7) is 4.17. The van der Waals surface area contributed by atoms with Gasteiger partial charge in [0.2, 0.25) is 0 Å². The van der Waals surface area contributed by atoms with Crippen molar-refractivity contribution in [2.24, 2.45) is 0 Å². The highest BCUT2D eigenvalue weighted by molar-refractivity contribution is 7.14. The smallest absolute Gasteiger partial charge is 0.257 e. The second-order valence-electron chi connectivity index (χ2n) is 6.31. The van der Waals surface area contributed by atoms with Crippen molar-refractivity contribution >= 4 is 22.4 Å². The molecule has 6 heteroatoms. The molecule has 0 radical (unpaired) electrons. The summed E-state index contributed by atoms with van der Waals surface area (Å²) in [5, 5.41) is 5.43. The number of amides is 1. The third-order valence-corrected chi connectivity index (χ3v) is 5.22. The number of benzene rings is 2. The molecule has 27 heavy (non-hydrogen) atoms. The molecule has 0 aliphatic rings. The van der Waals surface area contributed by atoms with Crippen LogP contribution in [0.3, 0.4) is 0 Å². The van der Waals surface area contributed by atoms with Gasteiger partial charge in [0, 0.05) is 34.6 Å². The van der Waals surface area contributed by atoms with Crippen molar-refractivity contribution in [2.75, 3.05) is 5.32 Å². The van der Waals surface area contributed by atoms with Gasteiger partial charge in [-0.15, -0.1) is 11.3 Å². The lowest BCUT2D eigenvalue weighted by Gasteiger charge is -2.05. The van der Waals surface area contributed by atoms with Gasteiger partial charge in [-0.05, 0) is 55.3 Å². The molecule has 0 spiro atoms. The molecule has 4 rings (SSSR count). The number of imidazole rings is 1. The van der Waals surface area contributed by atoms with Crippen molar-refractivity contribution in [3.63, 3.8) is 0 Å². The number of rotatable bonds is 4. The average Bonchev–Trinajstić information content (AvgIpc) is 3.36. The van der Waals surface area contributed by atoms with E-state index in [1.54, 1.807) is 24.7 Å². The first kappa shape index (κ1) is 17.2. The molecule has 0 saturated heterocycles. The molecule has 5 nitrogen and oxygen atoms in total. The van der Waals surface area contributed by atoms with Crippen LogP contribution in [0.2, 0.25) is 0 Å². The Morgan fingerprint density at radius 1 is 1.07 bits per heavy atom. The highest BCUT2D eigenvalue weighted by atomic mass is 32.1. The Bertz CT molecular complexity index is 1080. The molecule has 0 unspecified atom stereocenters. The number of nitrogens with one attached hydrogen (secondary N) is 1. The molecule has 2 aromatic heterocycles. The van der Waals surface area contributed by atoms with E-state index in [9.17, 15) is 4.79 Å². The fourth-order valence-corrected chi connectivity index (χ4v) is 3.45. The van der Waals surface area contributed by atoms with Crippen LogP contribution in [-0.2, 0) is 0 Å². The van der Waals surface area contributed by atoms with Crippen LogP contribution in [-0.4, -0.2) is 20.4 Å². The summed E-state index contributed by atoms with van der Waals surface area (Å²) in [7, 11) is 0. The monoisotopic (exact) mass is 374 g/mol. The first-order valence-electron chi connectivity index (χ1n) is 8.53. The molecule has 1 N–H and O–H groups in total. The lowest BCUT2D eigenvalue weighted by Crippen LogP contribution is -2.11. The predicted molar refractivity (Wildman–Crippen MR) is 109 cm³/mol. The maximum atomic E-state index is 12.5. The minimum Gasteiger partial charge on any atom is -0.306 e. The van der Waals surface area contributed by atoms with Crippen molar-refractivity contribution < 1.29 is 4.79 Å². The first-order chi connectivity index (χ1) is 13.1. The van der Waals surface area contributed by atoms with E-state index in [4.69, 9.17) is 0 Å². The van der Waals surface area contributed by atoms with Gasteiger partial charge in [-0.1, -0.05) is 12.1 Å². The van der Waals surface area contributed by atoms with Gasteiger partial charge < -0.3 is 4.57 Å². The van der Waals surface area contributed by atoms with E-state index in [-0.39, 0.29) is 5.91 Å². The maximum Gasteiger partial charge on any atom is 0.257 e. The van der Waals surface area contributed by atoms with E-state index in [0.717, 1.165) is 16.9 Å². The molecule has 0 fully saturated rings. The molecule has 2 aromatic carbocycles. The lowest BCUT2D eigenvalue weighted by molar-refractivity contribution is 0.102. The molecule has 4 aromatic rings. The third kappa shape index (κ3) is 3.66. The van der Waals surface area contributed by atoms with Crippen LogP contribution in [0.5, 0.6) is 0 Å². The molecular formula is C21H18N4OS. The van der Waals surface area contributed by atoms with E-state index < -0.39 is 0 Å². The summed E-state index contributed by atoms with van der Waals surface area (Å²) in [6, 6.07) is 13.6. The molecule has 2 heterocycles. The summed E-state index contributed by atoms with van der Waals surface area (Å²) in [5.74, 6) is -0.173. The van der Waals surface area contributed by atoms with Crippen LogP contribution < -0.4 is 5.32 Å². The summed E-state index contributed by atoms with van der Waals surface area (Å²) in [4.78, 5) is 21.1. The van der Waals surface area contributed by atoms with Crippen molar-refractivity contribution in [3.8, 4) is 16.9 Å². The first-order valence-corrected chi connectivity index (χ1v) is 9.41. The van der Waals surface area contributed by atoms with E-state index in [1.807, 2.05) is 28.3 Å². The van der Waals surface area contributed by atoms with Gasteiger partial charge in [0.25, 0.3) is 5.91 Å². The Hall–Kier alpha value is -3.25. The SMILES string of the molecule is Cc1ccc(-c2csc(NC(=O)c3ccc(-n4ccnc4)cc3)n2)cc1C. The van der Waals surface area contributed by atoms with Gasteiger partial charge in [-0.3, -0.25) is 10.1 Å². The number of nitrogens with zero attached hydrogens (tertiary/aromatic N) is 3. The molecule has 0 bridgehead atoms. The van der Waals surface area contributed by atoms with Gasteiger partial charge in [-0.2, -0.15) is 0 Å². The fourth-order valence-electron chi connectivity index (χ4n) is 2.73. The normalized spacial score (nSPS) is 10.7. The van der Waals surface area contributed by atoms with E-state index in [2.05, 4.69) is 47.3 Å². The van der Waals surface area contributed by atoms with Crippen molar-refractivity contribution in [3.05, 3.63) is 83.3 Å². The minimum atomic E-state index is -0.173. The van der Waals surface area contributed by atoms with Crippen molar-refractivity contribution in [2.45, 2.75) is 13.8 Å². The molecule has 134 valence electrons. The van der Waals surface area contributed by atoms with Crippen molar-refractivity contribution in [1.29, 1.82) is 0 Å². The number of carbonyl (C=O) groups excluding carboxylic acids is 1. The number of hydrogen-bond acceptors (Lipinski definition) is 4.